The van der Waals surface area contributed by atoms with E-state index in [2.05, 4.69) is 62.2 Å². The predicted molar refractivity (Wildman–Crippen MR) is 124 cm³/mol. The Balaban J connectivity index is 0.00000261. The van der Waals surface area contributed by atoms with E-state index in [4.69, 9.17) is 0 Å². The summed E-state index contributed by atoms with van der Waals surface area (Å²) in [5.41, 5.74) is 3.31. The lowest BCUT2D eigenvalue weighted by Crippen LogP contribution is -2.38. The van der Waals surface area contributed by atoms with Crippen LogP contribution in [-0.2, 0) is 13.1 Å². The molecule has 0 radical (unpaired) electrons. The molecular formula is C19H27IN6S. The molecule has 0 amide bonds. The third-order valence-electron chi connectivity index (χ3n) is 4.26. The Kier molecular flexibility index (Phi) is 8.03. The first-order valence-corrected chi connectivity index (χ1v) is 9.77. The van der Waals surface area contributed by atoms with Gasteiger partial charge in [-0.15, -0.1) is 35.3 Å². The van der Waals surface area contributed by atoms with Gasteiger partial charge in [0.05, 0.1) is 23.3 Å². The van der Waals surface area contributed by atoms with Crippen molar-refractivity contribution in [3.8, 4) is 0 Å². The molecule has 2 N–H and O–H groups in total. The fourth-order valence-corrected chi connectivity index (χ4v) is 3.72. The molecule has 0 saturated heterocycles. The molecule has 0 fully saturated rings. The summed E-state index contributed by atoms with van der Waals surface area (Å²) in [5, 5.41) is 7.76. The highest BCUT2D eigenvalue weighted by atomic mass is 127. The summed E-state index contributed by atoms with van der Waals surface area (Å²) in [7, 11) is 0. The number of guanidine groups is 1. The topological polar surface area (TPSA) is 67.1 Å². The molecule has 0 aliphatic heterocycles. The van der Waals surface area contributed by atoms with Crippen molar-refractivity contribution < 1.29 is 0 Å². The van der Waals surface area contributed by atoms with E-state index in [1.165, 1.54) is 10.4 Å². The molecule has 2 aromatic heterocycles. The van der Waals surface area contributed by atoms with Crippen LogP contribution in [0.2, 0.25) is 0 Å². The maximum atomic E-state index is 4.66. The number of para-hydroxylation sites is 2. The summed E-state index contributed by atoms with van der Waals surface area (Å²) >= 11 is 1.71. The summed E-state index contributed by atoms with van der Waals surface area (Å²) in [6.45, 7) is 11.3. The Morgan fingerprint density at radius 3 is 2.63 bits per heavy atom. The maximum absolute atomic E-state index is 4.66. The molecule has 0 unspecified atom stereocenters. The SMILES string of the molecule is CCNC(=NCc1nc(C)c(C)s1)NCCn1c(C)nc2ccccc21.I. The molecule has 0 spiro atoms. The second-order valence-corrected chi connectivity index (χ2v) is 7.46. The quantitative estimate of drug-likeness (QED) is 0.308. The number of nitrogens with one attached hydrogen (secondary N) is 2. The smallest absolute Gasteiger partial charge is 0.191 e. The van der Waals surface area contributed by atoms with Crippen molar-refractivity contribution in [2.75, 3.05) is 13.1 Å². The number of halogens is 1. The minimum atomic E-state index is 0. The molecule has 2 heterocycles. The molecule has 27 heavy (non-hydrogen) atoms. The highest BCUT2D eigenvalue weighted by Gasteiger charge is 2.07. The molecule has 146 valence electrons. The zero-order valence-corrected chi connectivity index (χ0v) is 19.4. The monoisotopic (exact) mass is 498 g/mol. The highest BCUT2D eigenvalue weighted by molar-refractivity contribution is 14.0. The van der Waals surface area contributed by atoms with Crippen LogP contribution in [0.1, 0.15) is 28.3 Å². The van der Waals surface area contributed by atoms with Gasteiger partial charge in [-0.3, -0.25) is 0 Å². The number of benzene rings is 1. The molecule has 8 heteroatoms. The first-order valence-electron chi connectivity index (χ1n) is 8.95. The lowest BCUT2D eigenvalue weighted by atomic mass is 10.3. The fourth-order valence-electron chi connectivity index (χ4n) is 2.86. The third kappa shape index (κ3) is 5.41. The van der Waals surface area contributed by atoms with E-state index in [0.717, 1.165) is 47.6 Å². The number of aromatic nitrogens is 3. The molecule has 3 rings (SSSR count). The van der Waals surface area contributed by atoms with E-state index in [1.807, 2.05) is 19.9 Å². The van der Waals surface area contributed by atoms with E-state index < -0.39 is 0 Å². The summed E-state index contributed by atoms with van der Waals surface area (Å²) in [6.07, 6.45) is 0. The van der Waals surface area contributed by atoms with Crippen molar-refractivity contribution in [3.05, 3.63) is 45.7 Å². The van der Waals surface area contributed by atoms with Crippen molar-refractivity contribution in [2.24, 2.45) is 4.99 Å². The van der Waals surface area contributed by atoms with E-state index in [1.54, 1.807) is 11.3 Å². The number of thiazole rings is 1. The van der Waals surface area contributed by atoms with Gasteiger partial charge < -0.3 is 15.2 Å². The number of fused-ring (bicyclic) bond motifs is 1. The van der Waals surface area contributed by atoms with Gasteiger partial charge in [0.1, 0.15) is 10.8 Å². The molecule has 0 bridgehead atoms. The van der Waals surface area contributed by atoms with Crippen LogP contribution in [-0.4, -0.2) is 33.6 Å². The Bertz CT molecular complexity index is 895. The van der Waals surface area contributed by atoms with Crippen LogP contribution in [0.25, 0.3) is 11.0 Å². The lowest BCUT2D eigenvalue weighted by Gasteiger charge is -2.12. The van der Waals surface area contributed by atoms with Crippen LogP contribution < -0.4 is 10.6 Å². The minimum Gasteiger partial charge on any atom is -0.357 e. The van der Waals surface area contributed by atoms with E-state index in [-0.39, 0.29) is 24.0 Å². The summed E-state index contributed by atoms with van der Waals surface area (Å²) in [4.78, 5) is 15.1. The molecule has 0 aliphatic carbocycles. The number of hydrogen-bond acceptors (Lipinski definition) is 4. The fraction of sp³-hybridized carbons (Fsp3) is 0.421. The molecule has 6 nitrogen and oxygen atoms in total. The number of imidazole rings is 1. The number of aliphatic imine (C=N–C) groups is 1. The van der Waals surface area contributed by atoms with Crippen molar-refractivity contribution in [1.29, 1.82) is 0 Å². The normalized spacial score (nSPS) is 11.5. The largest absolute Gasteiger partial charge is 0.357 e. The number of nitrogens with zero attached hydrogens (tertiary/aromatic N) is 4. The van der Waals surface area contributed by atoms with Crippen LogP contribution >= 0.6 is 35.3 Å². The Hall–Kier alpha value is -1.68. The average molecular weight is 498 g/mol. The van der Waals surface area contributed by atoms with Gasteiger partial charge in [-0.25, -0.2) is 15.0 Å². The molecule has 3 aromatic rings. The number of rotatable bonds is 6. The lowest BCUT2D eigenvalue weighted by molar-refractivity contribution is 0.660. The van der Waals surface area contributed by atoms with Gasteiger partial charge in [0.2, 0.25) is 0 Å². The average Bonchev–Trinajstić information content (AvgIpc) is 3.11. The zero-order valence-electron chi connectivity index (χ0n) is 16.2. The molecule has 1 aromatic carbocycles. The van der Waals surface area contributed by atoms with Crippen molar-refractivity contribution >= 4 is 52.3 Å². The van der Waals surface area contributed by atoms with E-state index in [9.17, 15) is 0 Å². The second-order valence-electron chi connectivity index (χ2n) is 6.17. The third-order valence-corrected chi connectivity index (χ3v) is 5.32. The van der Waals surface area contributed by atoms with Gasteiger partial charge in [0, 0.05) is 24.5 Å². The summed E-state index contributed by atoms with van der Waals surface area (Å²) < 4.78 is 2.24. The van der Waals surface area contributed by atoms with Crippen LogP contribution in [0.5, 0.6) is 0 Å². The van der Waals surface area contributed by atoms with Gasteiger partial charge in [-0.05, 0) is 39.8 Å². The van der Waals surface area contributed by atoms with Crippen LogP contribution in [0.3, 0.4) is 0 Å². The van der Waals surface area contributed by atoms with E-state index in [0.29, 0.717) is 6.54 Å². The first kappa shape index (κ1) is 21.6. The molecular weight excluding hydrogens is 471 g/mol. The van der Waals surface area contributed by atoms with E-state index >= 15 is 0 Å². The van der Waals surface area contributed by atoms with Gasteiger partial charge in [-0.1, -0.05) is 12.1 Å². The highest BCUT2D eigenvalue weighted by Crippen LogP contribution is 2.17. The van der Waals surface area contributed by atoms with Gasteiger partial charge in [0.15, 0.2) is 5.96 Å². The van der Waals surface area contributed by atoms with Crippen molar-refractivity contribution in [1.82, 2.24) is 25.2 Å². The predicted octanol–water partition coefficient (Wildman–Crippen LogP) is 3.79. The van der Waals surface area contributed by atoms with Gasteiger partial charge in [-0.2, -0.15) is 0 Å². The molecule has 0 saturated carbocycles. The van der Waals surface area contributed by atoms with Crippen LogP contribution in [0.15, 0.2) is 29.3 Å². The van der Waals surface area contributed by atoms with Crippen molar-refractivity contribution in [3.63, 3.8) is 0 Å². The van der Waals surface area contributed by atoms with Gasteiger partial charge >= 0.3 is 0 Å². The Morgan fingerprint density at radius 2 is 1.93 bits per heavy atom. The number of aryl methyl sites for hydroxylation is 3. The zero-order chi connectivity index (χ0) is 18.5. The van der Waals surface area contributed by atoms with Gasteiger partial charge in [0.25, 0.3) is 0 Å². The maximum Gasteiger partial charge on any atom is 0.191 e. The minimum absolute atomic E-state index is 0. The second kappa shape index (κ2) is 10.0. The van der Waals surface area contributed by atoms with Crippen LogP contribution in [0, 0.1) is 20.8 Å². The Morgan fingerprint density at radius 1 is 1.15 bits per heavy atom. The van der Waals surface area contributed by atoms with Crippen molar-refractivity contribution in [2.45, 2.75) is 40.8 Å². The number of hydrogen-bond donors (Lipinski definition) is 2. The van der Waals surface area contributed by atoms with Crippen LogP contribution in [0.4, 0.5) is 0 Å². The first-order chi connectivity index (χ1) is 12.6. The Labute approximate surface area is 181 Å². The summed E-state index contributed by atoms with van der Waals surface area (Å²) in [5.74, 6) is 1.85. The standard InChI is InChI=1S/C19H26N6S.HI/c1-5-20-19(22-12-18-23-13(2)14(3)26-18)21-10-11-25-15(4)24-16-8-6-7-9-17(16)25;/h6-9H,5,10-12H2,1-4H3,(H2,20,21,22);1H. The molecule has 0 atom stereocenters. The molecule has 0 aliphatic rings. The summed E-state index contributed by atoms with van der Waals surface area (Å²) in [6, 6.07) is 8.24.